The van der Waals surface area contributed by atoms with Gasteiger partial charge in [-0.15, -0.1) is 5.10 Å². The first-order chi connectivity index (χ1) is 5.38. The van der Waals surface area contributed by atoms with E-state index in [1.54, 1.807) is 16.4 Å². The molecule has 0 spiro atoms. The predicted molar refractivity (Wildman–Crippen MR) is 47.4 cm³/mol. The maximum Gasteiger partial charge on any atom is 0.209 e. The van der Waals surface area contributed by atoms with Gasteiger partial charge < -0.3 is 0 Å². The van der Waals surface area contributed by atoms with Gasteiger partial charge in [0.2, 0.25) is 5.16 Å². The molecule has 0 fully saturated rings. The second-order valence-electron chi connectivity index (χ2n) is 1.82. The Morgan fingerprint density at radius 3 is 3.09 bits per heavy atom. The second kappa shape index (κ2) is 4.61. The predicted octanol–water partition coefficient (Wildman–Crippen LogP) is 0.920. The standard InChI is InChI=1S/C5H9N4S2/c1-10-4-3-9-5(11-2)6-7-8-9/h2-4H2,1H3. The van der Waals surface area contributed by atoms with Gasteiger partial charge in [0.05, 0.1) is 6.54 Å². The molecule has 0 atom stereocenters. The van der Waals surface area contributed by atoms with E-state index in [2.05, 4.69) is 28.0 Å². The molecule has 0 aliphatic carbocycles. The van der Waals surface area contributed by atoms with Gasteiger partial charge >= 0.3 is 0 Å². The van der Waals surface area contributed by atoms with Crippen LogP contribution in [-0.2, 0) is 6.54 Å². The fraction of sp³-hybridized carbons (Fsp3) is 0.600. The van der Waals surface area contributed by atoms with E-state index in [9.17, 15) is 0 Å². The minimum absolute atomic E-state index is 0.777. The van der Waals surface area contributed by atoms with Gasteiger partial charge in [-0.2, -0.15) is 11.8 Å². The lowest BCUT2D eigenvalue weighted by molar-refractivity contribution is 0.587. The molecular formula is C5H9N4S2. The average Bonchev–Trinajstić information content (AvgIpc) is 2.47. The largest absolute Gasteiger partial charge is 0.220 e. The molecule has 0 amide bonds. The first-order valence-electron chi connectivity index (χ1n) is 3.05. The zero-order valence-electron chi connectivity index (χ0n) is 6.23. The Hall–Kier alpha value is -0.230. The summed E-state index contributed by atoms with van der Waals surface area (Å²) in [5.41, 5.74) is 0. The molecule has 0 N–H and O–H groups in total. The van der Waals surface area contributed by atoms with Crippen molar-refractivity contribution >= 4 is 23.5 Å². The van der Waals surface area contributed by atoms with E-state index < -0.39 is 0 Å². The van der Waals surface area contributed by atoms with E-state index in [0.717, 1.165) is 17.5 Å². The van der Waals surface area contributed by atoms with Gasteiger partial charge in [-0.05, 0) is 16.7 Å². The maximum atomic E-state index is 3.81. The highest BCUT2D eigenvalue weighted by Crippen LogP contribution is 2.10. The molecule has 11 heavy (non-hydrogen) atoms. The van der Waals surface area contributed by atoms with Crippen molar-refractivity contribution in [1.82, 2.24) is 20.2 Å². The topological polar surface area (TPSA) is 43.6 Å². The smallest absolute Gasteiger partial charge is 0.209 e. The van der Waals surface area contributed by atoms with Crippen molar-refractivity contribution in [2.24, 2.45) is 0 Å². The Balaban J connectivity index is 2.54. The lowest BCUT2D eigenvalue weighted by Crippen LogP contribution is -2.03. The summed E-state index contributed by atoms with van der Waals surface area (Å²) in [6, 6.07) is 0. The third-order valence-electron chi connectivity index (χ3n) is 1.14. The molecule has 4 nitrogen and oxygen atoms in total. The number of thioether (sulfide) groups is 2. The Morgan fingerprint density at radius 2 is 2.45 bits per heavy atom. The Kier molecular flexibility index (Phi) is 3.71. The van der Waals surface area contributed by atoms with Crippen molar-refractivity contribution in [3.05, 3.63) is 6.26 Å². The van der Waals surface area contributed by atoms with Crippen LogP contribution in [0, 0.1) is 6.26 Å². The third kappa shape index (κ3) is 2.37. The van der Waals surface area contributed by atoms with Gasteiger partial charge in [-0.3, -0.25) is 0 Å². The number of nitrogens with zero attached hydrogens (tertiary/aromatic N) is 4. The Labute approximate surface area is 74.1 Å². The van der Waals surface area contributed by atoms with Crippen molar-refractivity contribution in [2.45, 2.75) is 11.7 Å². The molecule has 1 heterocycles. The maximum absolute atomic E-state index is 3.81. The summed E-state index contributed by atoms with van der Waals surface area (Å²) in [6.07, 6.45) is 5.70. The molecule has 61 valence electrons. The normalized spacial score (nSPS) is 10.4. The van der Waals surface area contributed by atoms with Crippen LogP contribution in [-0.4, -0.2) is 32.2 Å². The van der Waals surface area contributed by atoms with Crippen LogP contribution in [0.2, 0.25) is 0 Å². The van der Waals surface area contributed by atoms with Crippen molar-refractivity contribution in [1.29, 1.82) is 0 Å². The number of rotatable bonds is 4. The molecule has 1 aromatic rings. The zero-order chi connectivity index (χ0) is 8.10. The molecular weight excluding hydrogens is 180 g/mol. The molecule has 0 saturated heterocycles. The van der Waals surface area contributed by atoms with Crippen molar-refractivity contribution in [2.75, 3.05) is 12.0 Å². The molecule has 1 aromatic heterocycles. The quantitative estimate of drug-likeness (QED) is 0.659. The SMILES string of the molecule is [CH2]Sc1nnnn1CCSC. The average molecular weight is 189 g/mol. The number of aromatic nitrogens is 4. The molecule has 1 rings (SSSR count). The van der Waals surface area contributed by atoms with Crippen LogP contribution >= 0.6 is 23.5 Å². The third-order valence-corrected chi connectivity index (χ3v) is 2.28. The fourth-order valence-corrected chi connectivity index (χ4v) is 1.34. The molecule has 0 aliphatic rings. The molecule has 0 bridgehead atoms. The summed E-state index contributed by atoms with van der Waals surface area (Å²) >= 11 is 3.09. The van der Waals surface area contributed by atoms with Gasteiger partial charge in [0, 0.05) is 12.0 Å². The van der Waals surface area contributed by atoms with E-state index in [1.165, 1.54) is 11.8 Å². The molecule has 0 aliphatic heterocycles. The summed E-state index contributed by atoms with van der Waals surface area (Å²) in [5, 5.41) is 11.9. The molecule has 6 heteroatoms. The van der Waals surface area contributed by atoms with E-state index in [4.69, 9.17) is 0 Å². The van der Waals surface area contributed by atoms with E-state index in [1.807, 2.05) is 0 Å². The number of tetrazole rings is 1. The number of hydrogen-bond acceptors (Lipinski definition) is 5. The summed E-state index contributed by atoms with van der Waals surface area (Å²) in [6.45, 7) is 0.853. The molecule has 1 radical (unpaired) electrons. The van der Waals surface area contributed by atoms with Gasteiger partial charge in [0.1, 0.15) is 0 Å². The van der Waals surface area contributed by atoms with Gasteiger partial charge in [0.15, 0.2) is 0 Å². The zero-order valence-corrected chi connectivity index (χ0v) is 7.86. The highest BCUT2D eigenvalue weighted by atomic mass is 32.2. The highest BCUT2D eigenvalue weighted by Gasteiger charge is 2.01. The summed E-state index contributed by atoms with van der Waals surface area (Å²) in [4.78, 5) is 0. The minimum Gasteiger partial charge on any atom is -0.220 e. The van der Waals surface area contributed by atoms with Crippen LogP contribution < -0.4 is 0 Å². The molecule has 0 unspecified atom stereocenters. The van der Waals surface area contributed by atoms with Crippen molar-refractivity contribution in [3.8, 4) is 0 Å². The highest BCUT2D eigenvalue weighted by molar-refractivity contribution is 8.00. The van der Waals surface area contributed by atoms with Crippen LogP contribution in [0.25, 0.3) is 0 Å². The minimum atomic E-state index is 0.777. The fourth-order valence-electron chi connectivity index (χ4n) is 0.618. The number of hydrogen-bond donors (Lipinski definition) is 0. The first-order valence-corrected chi connectivity index (χ1v) is 5.43. The van der Waals surface area contributed by atoms with Crippen LogP contribution in [0.3, 0.4) is 0 Å². The van der Waals surface area contributed by atoms with Gasteiger partial charge in [-0.25, -0.2) is 4.68 Å². The first kappa shape index (κ1) is 8.86. The summed E-state index contributed by atoms with van der Waals surface area (Å²) < 4.78 is 1.76. The van der Waals surface area contributed by atoms with Gasteiger partial charge in [0.25, 0.3) is 0 Å². The molecule has 0 saturated carbocycles. The van der Waals surface area contributed by atoms with Crippen LogP contribution in [0.5, 0.6) is 0 Å². The van der Waals surface area contributed by atoms with Gasteiger partial charge in [-0.1, -0.05) is 11.8 Å². The van der Waals surface area contributed by atoms with Crippen molar-refractivity contribution < 1.29 is 0 Å². The van der Waals surface area contributed by atoms with E-state index in [0.29, 0.717) is 0 Å². The lowest BCUT2D eigenvalue weighted by Gasteiger charge is -1.98. The monoisotopic (exact) mass is 189 g/mol. The summed E-state index contributed by atoms with van der Waals surface area (Å²) in [7, 11) is 0. The van der Waals surface area contributed by atoms with E-state index >= 15 is 0 Å². The van der Waals surface area contributed by atoms with Crippen LogP contribution in [0.1, 0.15) is 0 Å². The molecule has 0 aromatic carbocycles. The summed E-state index contributed by atoms with van der Waals surface area (Å²) in [5.74, 6) is 1.03. The Bertz CT molecular complexity index is 212. The van der Waals surface area contributed by atoms with Crippen LogP contribution in [0.4, 0.5) is 0 Å². The lowest BCUT2D eigenvalue weighted by atomic mass is 10.8. The number of aryl methyl sites for hydroxylation is 1. The Morgan fingerprint density at radius 1 is 1.64 bits per heavy atom. The second-order valence-corrected chi connectivity index (χ2v) is 3.46. The van der Waals surface area contributed by atoms with Crippen molar-refractivity contribution in [3.63, 3.8) is 0 Å². The van der Waals surface area contributed by atoms with E-state index in [-0.39, 0.29) is 0 Å². The van der Waals surface area contributed by atoms with Crippen LogP contribution in [0.15, 0.2) is 5.16 Å².